The molecular weight excluding hydrogens is 901 g/mol. The third-order valence-corrected chi connectivity index (χ3v) is 11.6. The second kappa shape index (κ2) is 23.0. The maximum Gasteiger partial charge on any atom is 0.189 e. The van der Waals surface area contributed by atoms with Gasteiger partial charge in [0.15, 0.2) is 17.3 Å². The summed E-state index contributed by atoms with van der Waals surface area (Å²) in [6.45, 7) is 17.7. The highest BCUT2D eigenvalue weighted by atomic mass is 16.5. The van der Waals surface area contributed by atoms with Gasteiger partial charge in [0.1, 0.15) is 45.7 Å². The molecule has 8 rings (SSSR count). The van der Waals surface area contributed by atoms with Crippen molar-refractivity contribution in [3.05, 3.63) is 218 Å². The van der Waals surface area contributed by atoms with Crippen molar-refractivity contribution in [2.45, 2.75) is 79.9 Å². The summed E-state index contributed by atoms with van der Waals surface area (Å²) < 4.78 is 11.6. The third kappa shape index (κ3) is 14.6. The van der Waals surface area contributed by atoms with E-state index in [1.807, 2.05) is 159 Å². The van der Waals surface area contributed by atoms with Gasteiger partial charge in [-0.3, -0.25) is 14.4 Å². The average Bonchev–Trinajstić information content (AvgIpc) is 3.32. The van der Waals surface area contributed by atoms with Crippen molar-refractivity contribution in [2.24, 2.45) is 0 Å². The molecule has 9 nitrogen and oxygen atoms in total. The molecule has 0 saturated carbocycles. The molecule has 72 heavy (non-hydrogen) atoms. The predicted molar refractivity (Wildman–Crippen MR) is 290 cm³/mol. The minimum atomic E-state index is -0.420. The number of hydrogen-bond donors (Lipinski definition) is 4. The topological polar surface area (TPSA) is 151 Å². The van der Waals surface area contributed by atoms with Crippen molar-refractivity contribution in [1.29, 1.82) is 0 Å². The van der Waals surface area contributed by atoms with Gasteiger partial charge in [-0.25, -0.2) is 0 Å². The third-order valence-electron chi connectivity index (χ3n) is 11.6. The zero-order valence-corrected chi connectivity index (χ0v) is 42.3. The number of rotatable bonds is 11. The Labute approximate surface area is 422 Å². The number of phenolic OH excluding ortho intramolecular Hbond substituents is 4. The summed E-state index contributed by atoms with van der Waals surface area (Å²) in [7, 11) is 0. The number of carbonyl (C=O) groups is 3. The van der Waals surface area contributed by atoms with E-state index in [-0.39, 0.29) is 57.0 Å². The van der Waals surface area contributed by atoms with E-state index < -0.39 is 11.2 Å². The smallest absolute Gasteiger partial charge is 0.189 e. The Morgan fingerprint density at radius 2 is 0.931 bits per heavy atom. The molecular formula is C63H62O9. The summed E-state index contributed by atoms with van der Waals surface area (Å²) in [5.41, 5.74) is 9.23. The highest BCUT2D eigenvalue weighted by molar-refractivity contribution is 6.10. The van der Waals surface area contributed by atoms with Crippen LogP contribution in [0.3, 0.4) is 0 Å². The largest absolute Gasteiger partial charge is 0.508 e. The van der Waals surface area contributed by atoms with Crippen LogP contribution in [-0.2, 0) is 6.42 Å². The zero-order valence-electron chi connectivity index (χ0n) is 42.3. The van der Waals surface area contributed by atoms with E-state index in [1.54, 1.807) is 48.6 Å². The Balaban J connectivity index is 0.000000176. The van der Waals surface area contributed by atoms with Crippen LogP contribution in [0.25, 0.3) is 30.4 Å². The van der Waals surface area contributed by atoms with E-state index in [4.69, 9.17) is 9.47 Å². The van der Waals surface area contributed by atoms with E-state index in [2.05, 4.69) is 0 Å². The molecule has 0 aromatic heterocycles. The lowest BCUT2D eigenvalue weighted by atomic mass is 9.98. The van der Waals surface area contributed by atoms with Gasteiger partial charge >= 0.3 is 0 Å². The van der Waals surface area contributed by atoms with Gasteiger partial charge in [-0.15, -0.1) is 0 Å². The minimum Gasteiger partial charge on any atom is -0.508 e. The molecule has 0 atom stereocenters. The molecule has 0 spiro atoms. The Morgan fingerprint density at radius 3 is 1.42 bits per heavy atom. The van der Waals surface area contributed by atoms with E-state index >= 15 is 0 Å². The van der Waals surface area contributed by atoms with Crippen molar-refractivity contribution >= 4 is 47.7 Å². The van der Waals surface area contributed by atoms with Crippen LogP contribution in [0.15, 0.2) is 151 Å². The molecule has 0 aliphatic carbocycles. The van der Waals surface area contributed by atoms with Gasteiger partial charge in [0, 0.05) is 17.7 Å². The summed E-state index contributed by atoms with van der Waals surface area (Å²) in [5, 5.41) is 40.5. The Morgan fingerprint density at radius 1 is 0.500 bits per heavy atom. The van der Waals surface area contributed by atoms with Gasteiger partial charge in [-0.05, 0) is 152 Å². The molecule has 0 saturated heterocycles. The summed E-state index contributed by atoms with van der Waals surface area (Å²) in [4.78, 5) is 37.2. The molecule has 0 unspecified atom stereocenters. The van der Waals surface area contributed by atoms with Crippen molar-refractivity contribution < 1.29 is 44.3 Å². The van der Waals surface area contributed by atoms with Gasteiger partial charge in [0.05, 0.1) is 22.3 Å². The van der Waals surface area contributed by atoms with Gasteiger partial charge < -0.3 is 29.9 Å². The Hall–Kier alpha value is -8.43. The average molecular weight is 963 g/mol. The summed E-state index contributed by atoms with van der Waals surface area (Å²) in [6, 6.07) is 32.8. The second-order valence-corrected chi connectivity index (χ2v) is 19.2. The molecule has 9 heteroatoms. The fourth-order valence-corrected chi connectivity index (χ4v) is 7.36. The number of carbonyl (C=O) groups excluding carboxylic acids is 3. The number of ketones is 3. The molecule has 4 N–H and O–H groups in total. The highest BCUT2D eigenvalue weighted by Crippen LogP contribution is 2.39. The van der Waals surface area contributed by atoms with E-state index in [0.29, 0.717) is 29.0 Å². The zero-order chi connectivity index (χ0) is 52.3. The van der Waals surface area contributed by atoms with Crippen LogP contribution in [0.4, 0.5) is 0 Å². The molecule has 2 heterocycles. The first-order valence-corrected chi connectivity index (χ1v) is 23.6. The van der Waals surface area contributed by atoms with Gasteiger partial charge in [0.25, 0.3) is 0 Å². The molecule has 2 aliphatic heterocycles. The van der Waals surface area contributed by atoms with Gasteiger partial charge in [0.2, 0.25) is 0 Å². The summed E-state index contributed by atoms with van der Waals surface area (Å²) in [6.07, 6.45) is 19.6. The summed E-state index contributed by atoms with van der Waals surface area (Å²) in [5.74, 6) is 0.0418. The Kier molecular flexibility index (Phi) is 16.9. The van der Waals surface area contributed by atoms with Crippen LogP contribution in [-0.4, -0.2) is 49.0 Å². The number of fused-ring (bicyclic) bond motifs is 2. The molecule has 6 aromatic rings. The van der Waals surface area contributed by atoms with Crippen molar-refractivity contribution in [1.82, 2.24) is 0 Å². The lowest BCUT2D eigenvalue weighted by molar-refractivity contribution is 0.103. The van der Waals surface area contributed by atoms with Crippen LogP contribution in [0.1, 0.15) is 123 Å². The molecule has 6 aromatic carbocycles. The first-order valence-electron chi connectivity index (χ1n) is 23.6. The highest BCUT2D eigenvalue weighted by Gasteiger charge is 2.26. The number of aryl methyl sites for hydroxylation is 3. The quantitative estimate of drug-likeness (QED) is 0.0565. The number of aromatic hydroxyl groups is 4. The van der Waals surface area contributed by atoms with E-state index in [0.717, 1.165) is 33.4 Å². The minimum absolute atomic E-state index is 0.0101. The molecule has 0 fully saturated rings. The normalized spacial score (nSPS) is 13.7. The predicted octanol–water partition coefficient (Wildman–Crippen LogP) is 14.4. The molecule has 0 bridgehead atoms. The van der Waals surface area contributed by atoms with Crippen LogP contribution in [0.2, 0.25) is 0 Å². The lowest BCUT2D eigenvalue weighted by Gasteiger charge is -2.28. The van der Waals surface area contributed by atoms with E-state index in [9.17, 15) is 34.8 Å². The number of phenols is 4. The van der Waals surface area contributed by atoms with Crippen molar-refractivity contribution in [3.63, 3.8) is 0 Å². The monoisotopic (exact) mass is 962 g/mol. The Bertz CT molecular complexity index is 3090. The van der Waals surface area contributed by atoms with Gasteiger partial charge in [-0.2, -0.15) is 0 Å². The molecule has 2 aliphatic rings. The van der Waals surface area contributed by atoms with E-state index in [1.165, 1.54) is 41.5 Å². The van der Waals surface area contributed by atoms with Crippen molar-refractivity contribution in [2.75, 3.05) is 0 Å². The standard InChI is InChI=1S/2C21H20O3.C21H22O3/c1-14-4-6-15(7-5-14)8-10-18(22)16-9-11-19-17(20(16)23)12-13-21(2,3)24-19;1-14-4-6-15(7-5-14)8-9-18(22)17-12-16-10-11-21(2,3)24-20(16)13-19(17)23;1-14(2)4-10-17-12-18(21(24)13-20(17)23)19(22)11-9-16-7-5-15(3)6-8-16/h2*4-13,23H,1-3H3;4-9,11-13,23-24H,10H2,1-3H3/b10-8+;9-8+;11-9+. The maximum absolute atomic E-state index is 12.4. The first-order chi connectivity index (χ1) is 34.1. The van der Waals surface area contributed by atoms with Crippen LogP contribution in [0.5, 0.6) is 34.5 Å². The SMILES string of the molecule is CC(C)=CCc1cc(C(=O)/C=C/c2ccc(C)cc2)c(O)cc1O.Cc1ccc(/C=C/C(=O)c2cc3c(cc2O)OC(C)(C)C=C3)cc1.Cc1ccc(/C=C/C(=O)c2ccc3c(c2O)C=CC(C)(C)O3)cc1. The number of benzene rings is 6. The van der Waals surface area contributed by atoms with Gasteiger partial charge in [-0.1, -0.05) is 125 Å². The fraction of sp³-hybridized carbons (Fsp3) is 0.190. The number of allylic oxidation sites excluding steroid dienone is 5. The summed E-state index contributed by atoms with van der Waals surface area (Å²) >= 11 is 0. The fourth-order valence-electron chi connectivity index (χ4n) is 7.36. The van der Waals surface area contributed by atoms with Crippen LogP contribution in [0, 0.1) is 20.8 Å². The number of ether oxygens (including phenoxy) is 2. The molecule has 0 amide bonds. The van der Waals surface area contributed by atoms with Crippen molar-refractivity contribution in [3.8, 4) is 34.5 Å². The van der Waals surface area contributed by atoms with Crippen LogP contribution < -0.4 is 9.47 Å². The first kappa shape index (κ1) is 52.9. The van der Waals surface area contributed by atoms with Crippen LogP contribution >= 0.6 is 0 Å². The second-order valence-electron chi connectivity index (χ2n) is 19.2. The maximum atomic E-state index is 12.4. The molecule has 368 valence electrons. The lowest BCUT2D eigenvalue weighted by Crippen LogP contribution is -2.27. The number of hydrogen-bond acceptors (Lipinski definition) is 9. The molecule has 0 radical (unpaired) electrons.